The molecule has 3 aliphatic rings. The minimum absolute atomic E-state index is 0.0462. The molecule has 182 valence electrons. The lowest BCUT2D eigenvalue weighted by molar-refractivity contribution is 0.0234. The summed E-state index contributed by atoms with van der Waals surface area (Å²) in [6, 6.07) is 5.83. The number of fused-ring (bicyclic) bond motifs is 2. The van der Waals surface area contributed by atoms with Gasteiger partial charge in [-0.15, -0.1) is 0 Å². The number of esters is 1. The van der Waals surface area contributed by atoms with Gasteiger partial charge < -0.3 is 15.2 Å². The first-order valence-corrected chi connectivity index (χ1v) is 12.6. The maximum Gasteiger partial charge on any atom is 0.340 e. The molecule has 0 saturated heterocycles. The number of carbonyl (C=O) groups excluding carboxylic acids is 1. The van der Waals surface area contributed by atoms with Gasteiger partial charge in [0.1, 0.15) is 11.7 Å². The van der Waals surface area contributed by atoms with Crippen molar-refractivity contribution in [3.8, 4) is 5.88 Å². The molecule has 4 heterocycles. The highest BCUT2D eigenvalue weighted by Gasteiger charge is 2.43. The van der Waals surface area contributed by atoms with Gasteiger partial charge in [0.2, 0.25) is 5.88 Å². The van der Waals surface area contributed by atoms with E-state index in [-0.39, 0.29) is 23.6 Å². The number of pyridine rings is 3. The number of ether oxygens (including phenoxy) is 2. The summed E-state index contributed by atoms with van der Waals surface area (Å²) in [5, 5.41) is 1.95. The van der Waals surface area contributed by atoms with Crippen LogP contribution in [0.2, 0.25) is 0 Å². The molecule has 35 heavy (non-hydrogen) atoms. The lowest BCUT2D eigenvalue weighted by atomic mass is 9.86. The molecule has 7 heteroatoms. The SMILES string of the molecule is C[C@@H]1OC(=O)c2ccc(Cc3cc4c([C@@](C)(N)C5CC5)cnc(OC5(C)CC5)c4cn3)nc2[C@H]1C. The smallest absolute Gasteiger partial charge is 0.340 e. The van der Waals surface area contributed by atoms with Crippen molar-refractivity contribution >= 4 is 16.7 Å². The van der Waals surface area contributed by atoms with Gasteiger partial charge in [-0.1, -0.05) is 6.92 Å². The van der Waals surface area contributed by atoms with E-state index in [4.69, 9.17) is 30.2 Å². The first-order valence-electron chi connectivity index (χ1n) is 12.6. The number of aromatic nitrogens is 3. The molecule has 7 nitrogen and oxygen atoms in total. The third kappa shape index (κ3) is 3.96. The Bertz CT molecular complexity index is 1340. The Morgan fingerprint density at radius 1 is 1.14 bits per heavy atom. The highest BCUT2D eigenvalue weighted by atomic mass is 16.5. The van der Waals surface area contributed by atoms with E-state index in [1.165, 1.54) is 0 Å². The van der Waals surface area contributed by atoms with Gasteiger partial charge in [0.25, 0.3) is 0 Å². The van der Waals surface area contributed by atoms with Crippen LogP contribution in [0.5, 0.6) is 5.88 Å². The molecule has 2 N–H and O–H groups in total. The summed E-state index contributed by atoms with van der Waals surface area (Å²) >= 11 is 0. The monoisotopic (exact) mass is 472 g/mol. The molecule has 6 rings (SSSR count). The molecule has 3 aromatic rings. The molecule has 2 aliphatic carbocycles. The fourth-order valence-corrected chi connectivity index (χ4v) is 5.05. The molecule has 0 spiro atoms. The van der Waals surface area contributed by atoms with Gasteiger partial charge in [0.15, 0.2) is 0 Å². The van der Waals surface area contributed by atoms with Gasteiger partial charge in [0.05, 0.1) is 16.6 Å². The third-order valence-corrected chi connectivity index (χ3v) is 8.09. The molecule has 0 amide bonds. The quantitative estimate of drug-likeness (QED) is 0.515. The second-order valence-corrected chi connectivity index (χ2v) is 11.1. The van der Waals surface area contributed by atoms with Crippen LogP contribution in [0.4, 0.5) is 0 Å². The predicted molar refractivity (Wildman–Crippen MR) is 132 cm³/mol. The number of nitrogens with two attached hydrogens (primary N) is 1. The van der Waals surface area contributed by atoms with Crippen LogP contribution in [0, 0.1) is 5.92 Å². The predicted octanol–water partition coefficient (Wildman–Crippen LogP) is 4.79. The normalized spacial score (nSPS) is 24.4. The number of hydrogen-bond acceptors (Lipinski definition) is 7. The van der Waals surface area contributed by atoms with Crippen LogP contribution >= 0.6 is 0 Å². The van der Waals surface area contributed by atoms with Crippen molar-refractivity contribution in [1.82, 2.24) is 15.0 Å². The average molecular weight is 473 g/mol. The number of rotatable bonds is 6. The summed E-state index contributed by atoms with van der Waals surface area (Å²) in [7, 11) is 0. The standard InChI is InChI=1S/C28H32N4O3/c1-15-16(2)34-26(33)20-8-7-18(32-24(15)20)11-19-12-21-22(13-30-19)25(35-27(3)9-10-27)31-14-23(21)28(4,29)17-5-6-17/h7-8,12-17H,5-6,9-11,29H2,1-4H3/t15-,16-,28-/m0/s1. The zero-order valence-electron chi connectivity index (χ0n) is 20.8. The van der Waals surface area contributed by atoms with Crippen molar-refractivity contribution in [3.63, 3.8) is 0 Å². The van der Waals surface area contributed by atoms with Crippen molar-refractivity contribution in [2.45, 2.75) is 83.0 Å². The van der Waals surface area contributed by atoms with E-state index >= 15 is 0 Å². The molecule has 0 radical (unpaired) electrons. The Hall–Kier alpha value is -3.06. The lowest BCUT2D eigenvalue weighted by Crippen LogP contribution is -2.35. The van der Waals surface area contributed by atoms with Crippen LogP contribution in [0.3, 0.4) is 0 Å². The summed E-state index contributed by atoms with van der Waals surface area (Å²) in [5.74, 6) is 0.833. The molecule has 0 aromatic carbocycles. The van der Waals surface area contributed by atoms with Crippen molar-refractivity contribution in [2.24, 2.45) is 11.7 Å². The van der Waals surface area contributed by atoms with E-state index < -0.39 is 5.54 Å². The van der Waals surface area contributed by atoms with Gasteiger partial charge in [-0.05, 0) is 81.5 Å². The fourth-order valence-electron chi connectivity index (χ4n) is 5.05. The van der Waals surface area contributed by atoms with Crippen molar-refractivity contribution < 1.29 is 14.3 Å². The zero-order valence-corrected chi connectivity index (χ0v) is 20.8. The van der Waals surface area contributed by atoms with Crippen molar-refractivity contribution in [1.29, 1.82) is 0 Å². The maximum atomic E-state index is 12.3. The molecule has 0 unspecified atom stereocenters. The third-order valence-electron chi connectivity index (χ3n) is 8.09. The Morgan fingerprint density at radius 2 is 1.91 bits per heavy atom. The van der Waals surface area contributed by atoms with Crippen molar-refractivity contribution in [3.05, 3.63) is 58.8 Å². The van der Waals surface area contributed by atoms with E-state index in [1.54, 1.807) is 0 Å². The summed E-state index contributed by atoms with van der Waals surface area (Å²) in [6.45, 7) is 8.18. The lowest BCUT2D eigenvalue weighted by Gasteiger charge is -2.27. The molecular weight excluding hydrogens is 440 g/mol. The van der Waals surface area contributed by atoms with E-state index in [0.717, 1.165) is 59.1 Å². The summed E-state index contributed by atoms with van der Waals surface area (Å²) in [5.41, 5.74) is 10.4. The maximum absolute atomic E-state index is 12.3. The Balaban J connectivity index is 1.40. The minimum atomic E-state index is -0.456. The molecule has 2 fully saturated rings. The topological polar surface area (TPSA) is 100 Å². The van der Waals surface area contributed by atoms with Crippen molar-refractivity contribution in [2.75, 3.05) is 0 Å². The van der Waals surface area contributed by atoms with Crippen LogP contribution in [0.25, 0.3) is 10.8 Å². The number of carbonyl (C=O) groups is 1. The van der Waals surface area contributed by atoms with Crippen LogP contribution in [-0.4, -0.2) is 32.6 Å². The number of hydrogen-bond donors (Lipinski definition) is 1. The number of cyclic esters (lactones) is 1. The van der Waals surface area contributed by atoms with E-state index in [0.29, 0.717) is 23.8 Å². The highest BCUT2D eigenvalue weighted by molar-refractivity contribution is 5.92. The van der Waals surface area contributed by atoms with Gasteiger partial charge in [-0.2, -0.15) is 0 Å². The van der Waals surface area contributed by atoms with Crippen LogP contribution in [-0.2, 0) is 16.7 Å². The highest BCUT2D eigenvalue weighted by Crippen LogP contribution is 2.47. The Morgan fingerprint density at radius 3 is 2.63 bits per heavy atom. The molecule has 3 aromatic heterocycles. The second kappa shape index (κ2) is 7.72. The minimum Gasteiger partial charge on any atom is -0.471 e. The fraction of sp³-hybridized carbons (Fsp3) is 0.500. The number of nitrogens with zero attached hydrogens (tertiary/aromatic N) is 3. The first-order chi connectivity index (χ1) is 16.6. The molecule has 0 bridgehead atoms. The molecule has 3 atom stereocenters. The second-order valence-electron chi connectivity index (χ2n) is 11.1. The Kier molecular flexibility index (Phi) is 4.94. The van der Waals surface area contributed by atoms with Gasteiger partial charge in [-0.3, -0.25) is 9.97 Å². The summed E-state index contributed by atoms with van der Waals surface area (Å²) in [4.78, 5) is 26.6. The van der Waals surface area contributed by atoms with Gasteiger partial charge in [0, 0.05) is 41.7 Å². The zero-order chi connectivity index (χ0) is 24.5. The summed E-state index contributed by atoms with van der Waals surface area (Å²) < 4.78 is 11.7. The van der Waals surface area contributed by atoms with Crippen LogP contribution in [0.1, 0.15) is 92.3 Å². The molecule has 1 aliphatic heterocycles. The van der Waals surface area contributed by atoms with Crippen LogP contribution in [0.15, 0.2) is 30.6 Å². The van der Waals surface area contributed by atoms with E-state index in [9.17, 15) is 4.79 Å². The molecule has 2 saturated carbocycles. The largest absolute Gasteiger partial charge is 0.471 e. The molecular formula is C28H32N4O3. The first kappa shape index (κ1) is 22.4. The van der Waals surface area contributed by atoms with E-state index in [1.807, 2.05) is 38.4 Å². The Labute approximate surface area is 205 Å². The van der Waals surface area contributed by atoms with Gasteiger partial charge >= 0.3 is 5.97 Å². The van der Waals surface area contributed by atoms with Crippen LogP contribution < -0.4 is 10.5 Å². The summed E-state index contributed by atoms with van der Waals surface area (Å²) in [6.07, 6.45) is 8.48. The average Bonchev–Trinajstić information content (AvgIpc) is 3.74. The van der Waals surface area contributed by atoms with Gasteiger partial charge in [-0.25, -0.2) is 9.78 Å². The van der Waals surface area contributed by atoms with E-state index in [2.05, 4.69) is 19.9 Å².